The number of aromatic nitrogens is 2. The van der Waals surface area contributed by atoms with Crippen molar-refractivity contribution in [2.45, 2.75) is 6.61 Å². The van der Waals surface area contributed by atoms with Crippen molar-refractivity contribution in [1.82, 2.24) is 9.78 Å². The third kappa shape index (κ3) is 4.14. The highest BCUT2D eigenvalue weighted by molar-refractivity contribution is 6.06. The third-order valence-electron chi connectivity index (χ3n) is 5.31. The Morgan fingerprint density at radius 1 is 0.818 bits per heavy atom. The van der Waals surface area contributed by atoms with Crippen LogP contribution in [0.25, 0.3) is 28.1 Å². The van der Waals surface area contributed by atoms with Crippen LogP contribution in [0.1, 0.15) is 26.4 Å². The van der Waals surface area contributed by atoms with Crippen molar-refractivity contribution in [2.75, 3.05) is 14.2 Å². The van der Waals surface area contributed by atoms with E-state index in [1.165, 1.54) is 18.9 Å². The summed E-state index contributed by atoms with van der Waals surface area (Å²) in [6.07, 6.45) is 0. The highest BCUT2D eigenvalue weighted by Crippen LogP contribution is 2.31. The largest absolute Gasteiger partial charge is 0.465 e. The number of carbonyl (C=O) groups excluding carboxylic acids is 2. The summed E-state index contributed by atoms with van der Waals surface area (Å²) in [5, 5.41) is 14.2. The van der Waals surface area contributed by atoms with Gasteiger partial charge in [-0.15, -0.1) is 0 Å². The van der Waals surface area contributed by atoms with Crippen molar-refractivity contribution in [1.29, 1.82) is 0 Å². The van der Waals surface area contributed by atoms with Crippen LogP contribution in [0.2, 0.25) is 0 Å². The molecule has 3 aromatic carbocycles. The van der Waals surface area contributed by atoms with Crippen molar-refractivity contribution in [3.63, 3.8) is 0 Å². The summed E-state index contributed by atoms with van der Waals surface area (Å²) < 4.78 is 11.3. The van der Waals surface area contributed by atoms with E-state index in [4.69, 9.17) is 9.47 Å². The number of aliphatic hydroxyl groups is 1. The van der Waals surface area contributed by atoms with E-state index in [2.05, 4.69) is 5.10 Å². The Hall–Kier alpha value is -4.23. The van der Waals surface area contributed by atoms with E-state index < -0.39 is 11.9 Å². The minimum Gasteiger partial charge on any atom is -0.465 e. The highest BCUT2D eigenvalue weighted by atomic mass is 16.5. The number of hydrogen-bond acceptors (Lipinski definition) is 6. The van der Waals surface area contributed by atoms with Crippen LogP contribution in [0.3, 0.4) is 0 Å². The van der Waals surface area contributed by atoms with Gasteiger partial charge in [-0.05, 0) is 28.8 Å². The zero-order chi connectivity index (χ0) is 23.4. The monoisotopic (exact) mass is 442 g/mol. The fourth-order valence-electron chi connectivity index (χ4n) is 3.70. The standard InChI is InChI=1S/C26H22N2O5/c1-32-25(30)22-23(27-28(24(22)26(31)33-2)20-9-4-3-5-10-20)18-14-12-17(13-15-18)21-11-7-6-8-19(21)16-29/h3-15,29H,16H2,1-2H3. The van der Waals surface area contributed by atoms with Gasteiger partial charge in [0.05, 0.1) is 26.5 Å². The van der Waals surface area contributed by atoms with Gasteiger partial charge in [0, 0.05) is 5.56 Å². The zero-order valence-corrected chi connectivity index (χ0v) is 18.2. The van der Waals surface area contributed by atoms with Gasteiger partial charge in [-0.3, -0.25) is 0 Å². The molecule has 33 heavy (non-hydrogen) atoms. The molecule has 0 saturated carbocycles. The molecule has 1 aromatic heterocycles. The van der Waals surface area contributed by atoms with Crippen LogP contribution >= 0.6 is 0 Å². The quantitative estimate of drug-likeness (QED) is 0.449. The molecule has 4 aromatic rings. The lowest BCUT2D eigenvalue weighted by Crippen LogP contribution is -2.15. The van der Waals surface area contributed by atoms with Gasteiger partial charge in [0.1, 0.15) is 11.3 Å². The summed E-state index contributed by atoms with van der Waals surface area (Å²) in [7, 11) is 2.50. The molecule has 0 spiro atoms. The second-order valence-electron chi connectivity index (χ2n) is 7.20. The molecule has 1 N–H and O–H groups in total. The number of rotatable bonds is 6. The van der Waals surface area contributed by atoms with Crippen LogP contribution in [-0.4, -0.2) is 41.0 Å². The second-order valence-corrected chi connectivity index (χ2v) is 7.20. The maximum Gasteiger partial charge on any atom is 0.357 e. The average molecular weight is 442 g/mol. The molecule has 0 amide bonds. The smallest absolute Gasteiger partial charge is 0.357 e. The van der Waals surface area contributed by atoms with Gasteiger partial charge >= 0.3 is 11.9 Å². The summed E-state index contributed by atoms with van der Waals surface area (Å²) in [6, 6.07) is 24.0. The molecule has 0 saturated heterocycles. The van der Waals surface area contributed by atoms with Gasteiger partial charge in [0.15, 0.2) is 5.69 Å². The second kappa shape index (κ2) is 9.50. The fraction of sp³-hybridized carbons (Fsp3) is 0.115. The normalized spacial score (nSPS) is 10.6. The number of nitrogens with zero attached hydrogens (tertiary/aromatic N) is 2. The lowest BCUT2D eigenvalue weighted by atomic mass is 9.97. The Bertz CT molecular complexity index is 1290. The van der Waals surface area contributed by atoms with Gasteiger partial charge in [0.2, 0.25) is 0 Å². The number of esters is 2. The molecule has 0 fully saturated rings. The number of carbonyl (C=O) groups is 2. The van der Waals surface area contributed by atoms with Crippen LogP contribution in [-0.2, 0) is 16.1 Å². The molecule has 0 aliphatic rings. The van der Waals surface area contributed by atoms with Gasteiger partial charge in [-0.2, -0.15) is 5.10 Å². The first kappa shape index (κ1) is 22.0. The van der Waals surface area contributed by atoms with E-state index in [9.17, 15) is 14.7 Å². The molecule has 0 aliphatic carbocycles. The van der Waals surface area contributed by atoms with E-state index in [0.717, 1.165) is 16.7 Å². The summed E-state index contributed by atoms with van der Waals surface area (Å²) in [4.78, 5) is 25.4. The first-order valence-corrected chi connectivity index (χ1v) is 10.2. The van der Waals surface area contributed by atoms with Crippen LogP contribution in [0.15, 0.2) is 78.9 Å². The Labute approximate surface area is 190 Å². The third-order valence-corrected chi connectivity index (χ3v) is 5.31. The lowest BCUT2D eigenvalue weighted by Gasteiger charge is -2.08. The topological polar surface area (TPSA) is 90.6 Å². The SMILES string of the molecule is COC(=O)c1c(-c2ccc(-c3ccccc3CO)cc2)nn(-c2ccccc2)c1C(=O)OC. The summed E-state index contributed by atoms with van der Waals surface area (Å²) in [6.45, 7) is -0.0750. The molecule has 0 atom stereocenters. The molecule has 1 heterocycles. The average Bonchev–Trinajstić information content (AvgIpc) is 3.29. The molecule has 0 unspecified atom stereocenters. The van der Waals surface area contributed by atoms with Crippen molar-refractivity contribution in [3.05, 3.63) is 95.7 Å². The molecule has 0 radical (unpaired) electrons. The zero-order valence-electron chi connectivity index (χ0n) is 18.2. The first-order chi connectivity index (χ1) is 16.1. The van der Waals surface area contributed by atoms with E-state index >= 15 is 0 Å². The number of hydrogen-bond donors (Lipinski definition) is 1. The Kier molecular flexibility index (Phi) is 6.33. The summed E-state index contributed by atoms with van der Waals surface area (Å²) in [5.74, 6) is -1.39. The maximum atomic E-state index is 12.8. The van der Waals surface area contributed by atoms with E-state index in [1.807, 2.05) is 66.7 Å². The Morgan fingerprint density at radius 3 is 2.06 bits per heavy atom. The first-order valence-electron chi connectivity index (χ1n) is 10.2. The van der Waals surface area contributed by atoms with Crippen LogP contribution < -0.4 is 0 Å². The van der Waals surface area contributed by atoms with Gasteiger partial charge < -0.3 is 14.6 Å². The molecule has 7 nitrogen and oxygen atoms in total. The number of aliphatic hydroxyl groups excluding tert-OH is 1. The van der Waals surface area contributed by atoms with E-state index in [-0.39, 0.29) is 17.9 Å². The van der Waals surface area contributed by atoms with E-state index in [1.54, 1.807) is 12.1 Å². The minimum absolute atomic E-state index is 0.0137. The molecule has 0 bridgehead atoms. The summed E-state index contributed by atoms with van der Waals surface area (Å²) in [5.41, 5.74) is 4.15. The molecule has 0 aliphatic heterocycles. The summed E-state index contributed by atoms with van der Waals surface area (Å²) >= 11 is 0. The van der Waals surface area contributed by atoms with Gasteiger partial charge in [0.25, 0.3) is 0 Å². The predicted octanol–water partition coefficient (Wildman–Crippen LogP) is 4.27. The van der Waals surface area contributed by atoms with Crippen molar-refractivity contribution < 1.29 is 24.2 Å². The van der Waals surface area contributed by atoms with Crippen molar-refractivity contribution in [2.24, 2.45) is 0 Å². The van der Waals surface area contributed by atoms with Crippen molar-refractivity contribution in [3.8, 4) is 28.1 Å². The predicted molar refractivity (Wildman–Crippen MR) is 123 cm³/mol. The molecular weight excluding hydrogens is 420 g/mol. The number of para-hydroxylation sites is 1. The molecular formula is C26H22N2O5. The molecule has 166 valence electrons. The van der Waals surface area contributed by atoms with Gasteiger partial charge in [-0.25, -0.2) is 14.3 Å². The number of ether oxygens (including phenoxy) is 2. The number of methoxy groups -OCH3 is 2. The Morgan fingerprint density at radius 2 is 1.42 bits per heavy atom. The van der Waals surface area contributed by atoms with Crippen molar-refractivity contribution >= 4 is 11.9 Å². The maximum absolute atomic E-state index is 12.8. The van der Waals surface area contributed by atoms with E-state index in [0.29, 0.717) is 16.9 Å². The van der Waals surface area contributed by atoms with Crippen LogP contribution in [0.4, 0.5) is 0 Å². The highest BCUT2D eigenvalue weighted by Gasteiger charge is 2.31. The van der Waals surface area contributed by atoms with Crippen LogP contribution in [0.5, 0.6) is 0 Å². The molecule has 7 heteroatoms. The van der Waals surface area contributed by atoms with Gasteiger partial charge in [-0.1, -0.05) is 66.7 Å². The number of benzene rings is 3. The Balaban J connectivity index is 1.89. The van der Waals surface area contributed by atoms with Crippen LogP contribution in [0, 0.1) is 0 Å². The fourth-order valence-corrected chi connectivity index (χ4v) is 3.70. The lowest BCUT2D eigenvalue weighted by molar-refractivity contribution is 0.0549. The minimum atomic E-state index is -0.702. The molecule has 4 rings (SSSR count).